The van der Waals surface area contributed by atoms with E-state index in [9.17, 15) is 4.79 Å². The standard InChI is InChI=1S/C22H23ClN4O2/c1-29-17-9-6-15(7-10-17)13-21(28)24-16-8-11-19(23)18(14-16)22-26-25-20-5-3-2-4-12-27(20)22/h6-11,14H,2-5,12-13H2,1H3,(H,24,28). The molecule has 0 unspecified atom stereocenters. The van der Waals surface area contributed by atoms with Gasteiger partial charge in [-0.25, -0.2) is 0 Å². The maximum Gasteiger partial charge on any atom is 0.228 e. The lowest BCUT2D eigenvalue weighted by Crippen LogP contribution is -2.14. The SMILES string of the molecule is COc1ccc(CC(=O)Nc2ccc(Cl)c(-c3nnc4n3CCCCC4)c2)cc1. The van der Waals surface area contributed by atoms with Crippen LogP contribution in [0.1, 0.15) is 30.7 Å². The summed E-state index contributed by atoms with van der Waals surface area (Å²) in [5.74, 6) is 2.44. The van der Waals surface area contributed by atoms with Crippen molar-refractivity contribution in [2.45, 2.75) is 38.6 Å². The number of amides is 1. The van der Waals surface area contributed by atoms with Crippen molar-refractivity contribution in [1.82, 2.24) is 14.8 Å². The number of nitrogens with zero attached hydrogens (tertiary/aromatic N) is 3. The molecule has 7 heteroatoms. The molecule has 4 rings (SSSR count). The van der Waals surface area contributed by atoms with Gasteiger partial charge in [0, 0.05) is 24.2 Å². The molecule has 0 fully saturated rings. The summed E-state index contributed by atoms with van der Waals surface area (Å²) in [6, 6.07) is 12.9. The van der Waals surface area contributed by atoms with Gasteiger partial charge in [0.25, 0.3) is 0 Å². The number of anilines is 1. The molecule has 1 N–H and O–H groups in total. The Morgan fingerprint density at radius 1 is 1.14 bits per heavy atom. The summed E-state index contributed by atoms with van der Waals surface area (Å²) in [5.41, 5.74) is 2.39. The minimum Gasteiger partial charge on any atom is -0.497 e. The molecule has 29 heavy (non-hydrogen) atoms. The van der Waals surface area contributed by atoms with Crippen molar-refractivity contribution in [3.05, 3.63) is 58.9 Å². The van der Waals surface area contributed by atoms with Crippen molar-refractivity contribution < 1.29 is 9.53 Å². The predicted molar refractivity (Wildman–Crippen MR) is 113 cm³/mol. The van der Waals surface area contributed by atoms with E-state index in [-0.39, 0.29) is 12.3 Å². The van der Waals surface area contributed by atoms with Gasteiger partial charge in [-0.05, 0) is 48.7 Å². The molecular weight excluding hydrogens is 388 g/mol. The number of methoxy groups -OCH3 is 1. The zero-order valence-corrected chi connectivity index (χ0v) is 17.1. The summed E-state index contributed by atoms with van der Waals surface area (Å²) in [6.07, 6.45) is 4.64. The van der Waals surface area contributed by atoms with E-state index in [1.165, 1.54) is 6.42 Å². The number of hydrogen-bond donors (Lipinski definition) is 1. The molecule has 1 aliphatic heterocycles. The quantitative estimate of drug-likeness (QED) is 0.671. The molecule has 0 atom stereocenters. The van der Waals surface area contributed by atoms with Crippen LogP contribution in [0, 0.1) is 0 Å². The van der Waals surface area contributed by atoms with Gasteiger partial charge in [-0.1, -0.05) is 30.2 Å². The fourth-order valence-electron chi connectivity index (χ4n) is 3.59. The second-order valence-corrected chi connectivity index (χ2v) is 7.58. The highest BCUT2D eigenvalue weighted by molar-refractivity contribution is 6.33. The molecule has 6 nitrogen and oxygen atoms in total. The molecule has 0 radical (unpaired) electrons. The van der Waals surface area contributed by atoms with Crippen molar-refractivity contribution in [1.29, 1.82) is 0 Å². The first-order chi connectivity index (χ1) is 14.1. The van der Waals surface area contributed by atoms with E-state index in [4.69, 9.17) is 16.3 Å². The molecule has 0 saturated carbocycles. The van der Waals surface area contributed by atoms with Crippen LogP contribution in [0.25, 0.3) is 11.4 Å². The second kappa shape index (κ2) is 8.66. The minimum atomic E-state index is -0.0940. The maximum atomic E-state index is 12.5. The number of ether oxygens (including phenoxy) is 1. The Balaban J connectivity index is 1.52. The molecule has 2 heterocycles. The molecule has 1 aliphatic rings. The van der Waals surface area contributed by atoms with E-state index >= 15 is 0 Å². The number of benzene rings is 2. The second-order valence-electron chi connectivity index (χ2n) is 7.17. The normalized spacial score (nSPS) is 13.4. The Morgan fingerprint density at radius 2 is 1.97 bits per heavy atom. The summed E-state index contributed by atoms with van der Waals surface area (Å²) < 4.78 is 7.30. The van der Waals surface area contributed by atoms with Crippen LogP contribution < -0.4 is 10.1 Å². The predicted octanol–water partition coefficient (Wildman–Crippen LogP) is 4.51. The molecule has 1 amide bonds. The number of carbonyl (C=O) groups excluding carboxylic acids is 1. The van der Waals surface area contributed by atoms with Crippen LogP contribution in [-0.2, 0) is 24.2 Å². The lowest BCUT2D eigenvalue weighted by molar-refractivity contribution is -0.115. The van der Waals surface area contributed by atoms with Gasteiger partial charge < -0.3 is 14.6 Å². The third kappa shape index (κ3) is 4.43. The lowest BCUT2D eigenvalue weighted by Gasteiger charge is -2.11. The summed E-state index contributed by atoms with van der Waals surface area (Å²) in [7, 11) is 1.62. The van der Waals surface area contributed by atoms with E-state index < -0.39 is 0 Å². The average molecular weight is 411 g/mol. The van der Waals surface area contributed by atoms with Gasteiger partial charge in [0.1, 0.15) is 11.6 Å². The highest BCUT2D eigenvalue weighted by atomic mass is 35.5. The van der Waals surface area contributed by atoms with Crippen molar-refractivity contribution in [2.24, 2.45) is 0 Å². The van der Waals surface area contributed by atoms with Crippen LogP contribution in [0.15, 0.2) is 42.5 Å². The zero-order chi connectivity index (χ0) is 20.2. The van der Waals surface area contributed by atoms with E-state index in [1.54, 1.807) is 19.2 Å². The lowest BCUT2D eigenvalue weighted by atomic mass is 10.1. The van der Waals surface area contributed by atoms with Gasteiger partial charge >= 0.3 is 0 Å². The topological polar surface area (TPSA) is 69.0 Å². The van der Waals surface area contributed by atoms with Gasteiger partial charge in [0.15, 0.2) is 5.82 Å². The largest absolute Gasteiger partial charge is 0.497 e. The van der Waals surface area contributed by atoms with Crippen LogP contribution in [0.5, 0.6) is 5.75 Å². The van der Waals surface area contributed by atoms with Crippen LogP contribution >= 0.6 is 11.6 Å². The fourth-order valence-corrected chi connectivity index (χ4v) is 3.79. The molecule has 2 aromatic carbocycles. The number of halogens is 1. The van der Waals surface area contributed by atoms with E-state index in [0.717, 1.165) is 54.3 Å². The van der Waals surface area contributed by atoms with Crippen molar-refractivity contribution in [3.63, 3.8) is 0 Å². The minimum absolute atomic E-state index is 0.0940. The monoisotopic (exact) mass is 410 g/mol. The fraction of sp³-hybridized carbons (Fsp3) is 0.318. The Kier molecular flexibility index (Phi) is 5.81. The van der Waals surface area contributed by atoms with Gasteiger partial charge in [-0.2, -0.15) is 0 Å². The zero-order valence-electron chi connectivity index (χ0n) is 16.3. The highest BCUT2D eigenvalue weighted by Gasteiger charge is 2.18. The van der Waals surface area contributed by atoms with Gasteiger partial charge in [0.05, 0.1) is 18.6 Å². The Bertz CT molecular complexity index is 1010. The maximum absolute atomic E-state index is 12.5. The molecule has 0 aliphatic carbocycles. The van der Waals surface area contributed by atoms with E-state index in [1.807, 2.05) is 30.3 Å². The van der Waals surface area contributed by atoms with Gasteiger partial charge in [-0.15, -0.1) is 10.2 Å². The molecule has 0 bridgehead atoms. The average Bonchev–Trinajstić information content (AvgIpc) is 2.97. The molecular formula is C22H23ClN4O2. The number of fused-ring (bicyclic) bond motifs is 1. The molecule has 1 aromatic heterocycles. The van der Waals surface area contributed by atoms with Crippen LogP contribution in [0.2, 0.25) is 5.02 Å². The van der Waals surface area contributed by atoms with E-state index in [0.29, 0.717) is 10.7 Å². The summed E-state index contributed by atoms with van der Waals surface area (Å²) in [4.78, 5) is 12.5. The Morgan fingerprint density at radius 3 is 2.76 bits per heavy atom. The first-order valence-corrected chi connectivity index (χ1v) is 10.2. The smallest absolute Gasteiger partial charge is 0.228 e. The third-order valence-electron chi connectivity index (χ3n) is 5.12. The third-order valence-corrected chi connectivity index (χ3v) is 5.45. The number of aryl methyl sites for hydroxylation is 1. The molecule has 0 saturated heterocycles. The Hall–Kier alpha value is -2.86. The van der Waals surface area contributed by atoms with Gasteiger partial charge in [-0.3, -0.25) is 4.79 Å². The summed E-state index contributed by atoms with van der Waals surface area (Å²) in [6.45, 7) is 0.891. The van der Waals surface area contributed by atoms with Gasteiger partial charge in [0.2, 0.25) is 5.91 Å². The van der Waals surface area contributed by atoms with Crippen LogP contribution in [0.4, 0.5) is 5.69 Å². The van der Waals surface area contributed by atoms with Crippen molar-refractivity contribution in [2.75, 3.05) is 12.4 Å². The van der Waals surface area contributed by atoms with Crippen LogP contribution in [0.3, 0.4) is 0 Å². The number of aromatic nitrogens is 3. The van der Waals surface area contributed by atoms with Crippen molar-refractivity contribution >= 4 is 23.2 Å². The summed E-state index contributed by atoms with van der Waals surface area (Å²) in [5, 5.41) is 12.3. The first kappa shape index (κ1) is 19.5. The Labute approximate surface area is 174 Å². The number of nitrogens with one attached hydrogen (secondary N) is 1. The van der Waals surface area contributed by atoms with E-state index in [2.05, 4.69) is 20.1 Å². The number of carbonyl (C=O) groups is 1. The molecule has 150 valence electrons. The van der Waals surface area contributed by atoms with Crippen LogP contribution in [-0.4, -0.2) is 27.8 Å². The first-order valence-electron chi connectivity index (χ1n) is 9.79. The number of rotatable bonds is 5. The summed E-state index contributed by atoms with van der Waals surface area (Å²) >= 11 is 6.46. The molecule has 3 aromatic rings. The van der Waals surface area contributed by atoms with Crippen molar-refractivity contribution in [3.8, 4) is 17.1 Å². The molecule has 0 spiro atoms. The number of hydrogen-bond acceptors (Lipinski definition) is 4. The highest BCUT2D eigenvalue weighted by Crippen LogP contribution is 2.31.